The van der Waals surface area contributed by atoms with Crippen LogP contribution in [-0.4, -0.2) is 255 Å². The van der Waals surface area contributed by atoms with Crippen LogP contribution in [0.4, 0.5) is 17.1 Å². The van der Waals surface area contributed by atoms with E-state index in [-0.39, 0.29) is 42.6 Å². The summed E-state index contributed by atoms with van der Waals surface area (Å²) in [6, 6.07) is 6.40. The molecule has 6 fully saturated rings. The molecule has 0 aromatic carbocycles. The third kappa shape index (κ3) is 19.0. The first-order chi connectivity index (χ1) is 43.9. The van der Waals surface area contributed by atoms with Crippen LogP contribution in [0.5, 0.6) is 0 Å². The van der Waals surface area contributed by atoms with Crippen LogP contribution in [0.1, 0.15) is 70.0 Å². The van der Waals surface area contributed by atoms with Gasteiger partial charge in [0, 0.05) is 167 Å². The summed E-state index contributed by atoms with van der Waals surface area (Å²) >= 11 is 0. The quantitative estimate of drug-likeness (QED) is 0.176. The van der Waals surface area contributed by atoms with Gasteiger partial charge in [-0.3, -0.25) is 39.1 Å². The van der Waals surface area contributed by atoms with E-state index < -0.39 is 5.97 Å². The van der Waals surface area contributed by atoms with Gasteiger partial charge in [0.1, 0.15) is 57.1 Å². The first kappa shape index (κ1) is 69.8. The highest BCUT2D eigenvalue weighted by Gasteiger charge is 2.32. The van der Waals surface area contributed by atoms with Gasteiger partial charge in [-0.05, 0) is 70.0 Å². The topological polar surface area (TPSA) is 323 Å². The van der Waals surface area contributed by atoms with Crippen LogP contribution in [-0.2, 0) is 19.2 Å². The standard InChI is InChI=1S/C22H29N7O.C21H27N7O2.C14H16N6.C7H14N2O2.ClH/c1-16-9-17(10-18(30)15-28-7-5-27(2)6-8-28)14-29(13-16)20-12-26-19(11-23)21-22(20)25-4-3-24-21;1-15-9-16(10-19(29)30-28-7-5-26(2)6-8-28)14-27(13-15)18-12-25-17(11-22)20-21(18)24-4-3-23-20;1-9-4-10(16)8-20(7-9)12-6-19-11(5-15)13-14(12)18-3-2-17-13;1-8-2-4-9(5-3-8)6-7(10)11;/h3-4,12,16-17H,5-10,13-15H2,1-2H3;3-4,12,15-16H,5-10,13-14H2,1-2H3;2-3,6,9-10H,4,7-8,16H2,1H3;2-6H2,1H3,(H,10,11);1H/t16-,17-;15-,16-;9-,10+;;/m000../s1. The Balaban J connectivity index is 0.000000166. The van der Waals surface area contributed by atoms with Crippen LogP contribution in [0.15, 0.2) is 55.8 Å². The fourth-order valence-electron chi connectivity index (χ4n) is 13.2. The number of pyridine rings is 3. The lowest BCUT2D eigenvalue weighted by molar-refractivity contribution is -0.198. The number of piperazine rings is 3. The van der Waals surface area contributed by atoms with Gasteiger partial charge in [0.15, 0.2) is 17.1 Å². The van der Waals surface area contributed by atoms with Crippen molar-refractivity contribution in [2.75, 3.05) is 167 Å². The van der Waals surface area contributed by atoms with Crippen molar-refractivity contribution in [3.8, 4) is 18.2 Å². The number of nitriles is 3. The number of piperidine rings is 3. The summed E-state index contributed by atoms with van der Waals surface area (Å²) in [5.41, 5.74) is 13.4. The van der Waals surface area contributed by atoms with Gasteiger partial charge < -0.3 is 45.1 Å². The molecule has 6 aliphatic rings. The zero-order chi connectivity index (χ0) is 64.6. The third-order valence-corrected chi connectivity index (χ3v) is 17.6. The van der Waals surface area contributed by atoms with E-state index in [4.69, 9.17) is 20.9 Å². The Kier molecular flexibility index (Phi) is 25.4. The van der Waals surface area contributed by atoms with Crippen LogP contribution in [0.25, 0.3) is 33.1 Å². The molecule has 3 N–H and O–H groups in total. The zero-order valence-electron chi connectivity index (χ0n) is 53.8. The summed E-state index contributed by atoms with van der Waals surface area (Å²) in [5.74, 6) is 1.37. The predicted molar refractivity (Wildman–Crippen MR) is 351 cm³/mol. The lowest BCUT2D eigenvalue weighted by Gasteiger charge is -2.38. The second-order valence-electron chi connectivity index (χ2n) is 25.5. The smallest absolute Gasteiger partial charge is 0.325 e. The number of hydroxylamine groups is 2. The number of carboxylic acids is 1. The van der Waals surface area contributed by atoms with Gasteiger partial charge in [0.25, 0.3) is 0 Å². The van der Waals surface area contributed by atoms with E-state index in [1.165, 1.54) is 0 Å². The molecule has 6 aromatic heterocycles. The summed E-state index contributed by atoms with van der Waals surface area (Å²) in [6.45, 7) is 23.3. The average Bonchev–Trinajstić information content (AvgIpc) is 0.967. The highest BCUT2D eigenvalue weighted by molar-refractivity contribution is 5.92. The number of nitrogens with zero attached hydrogens (tertiary/aromatic N) is 21. The molecule has 0 saturated carbocycles. The number of carboxylic acid groups (broad SMARTS) is 1. The van der Waals surface area contributed by atoms with Gasteiger partial charge >= 0.3 is 11.9 Å². The van der Waals surface area contributed by atoms with Crippen LogP contribution in [0.3, 0.4) is 0 Å². The van der Waals surface area contributed by atoms with E-state index in [0.717, 1.165) is 160 Å². The van der Waals surface area contributed by atoms with Gasteiger partial charge in [-0.15, -0.1) is 17.5 Å². The maximum absolute atomic E-state index is 12.8. The number of anilines is 3. The van der Waals surface area contributed by atoms with Crippen molar-refractivity contribution < 1.29 is 24.3 Å². The molecular weight excluding hydrogens is 1190 g/mol. The molecule has 490 valence electrons. The van der Waals surface area contributed by atoms with Gasteiger partial charge in [-0.2, -0.15) is 15.8 Å². The molecule has 0 bridgehead atoms. The van der Waals surface area contributed by atoms with Crippen LogP contribution in [0, 0.1) is 63.6 Å². The normalized spacial score (nSPS) is 22.8. The molecule has 6 aliphatic heterocycles. The van der Waals surface area contributed by atoms with E-state index >= 15 is 0 Å². The van der Waals surface area contributed by atoms with E-state index in [9.17, 15) is 24.9 Å². The highest BCUT2D eigenvalue weighted by atomic mass is 35.5. The fraction of sp³-hybridized carbons (Fsp3) is 0.578. The van der Waals surface area contributed by atoms with Crippen LogP contribution in [0.2, 0.25) is 0 Å². The van der Waals surface area contributed by atoms with Crippen molar-refractivity contribution in [1.82, 2.24) is 74.4 Å². The van der Waals surface area contributed by atoms with Gasteiger partial charge in [0.2, 0.25) is 0 Å². The molecule has 6 saturated heterocycles. The van der Waals surface area contributed by atoms with Crippen molar-refractivity contribution in [3.05, 3.63) is 72.9 Å². The number of aromatic nitrogens is 9. The number of nitrogens with two attached hydrogens (primary N) is 1. The lowest BCUT2D eigenvalue weighted by Crippen LogP contribution is -2.47. The van der Waals surface area contributed by atoms with E-state index in [1.54, 1.807) is 60.8 Å². The van der Waals surface area contributed by atoms with Crippen molar-refractivity contribution in [3.63, 3.8) is 0 Å². The molecule has 28 heteroatoms. The molecule has 0 aliphatic carbocycles. The summed E-state index contributed by atoms with van der Waals surface area (Å²) in [7, 11) is 6.25. The summed E-state index contributed by atoms with van der Waals surface area (Å²) in [6.07, 6.45) is 18.9. The number of fused-ring (bicyclic) bond motifs is 3. The number of ketones is 1. The van der Waals surface area contributed by atoms with Crippen LogP contribution < -0.4 is 20.4 Å². The summed E-state index contributed by atoms with van der Waals surface area (Å²) in [4.78, 5) is 97.9. The Morgan fingerprint density at radius 3 is 1.22 bits per heavy atom. The minimum atomic E-state index is -0.727. The second-order valence-corrected chi connectivity index (χ2v) is 25.5. The Bertz CT molecular complexity index is 3420. The average molecular weight is 1280 g/mol. The maximum atomic E-state index is 12.8. The number of hydrogen-bond acceptors (Lipinski definition) is 26. The van der Waals surface area contributed by atoms with Gasteiger partial charge in [0.05, 0.1) is 55.2 Å². The zero-order valence-corrected chi connectivity index (χ0v) is 54.6. The monoisotopic (exact) mass is 1280 g/mol. The molecule has 0 amide bonds. The molecule has 0 radical (unpaired) electrons. The Labute approximate surface area is 544 Å². The molecule has 12 rings (SSSR count). The number of hydrogen-bond donors (Lipinski definition) is 2. The SMILES string of the molecule is CN1CCN(CC(=O)O)CC1.C[C@H]1C[C@@H](CC(=O)CN2CCN(C)CC2)CN(c2cnc(C#N)c3nccnc23)C1.C[C@H]1C[C@@H](CC(=O)ON2CCN(C)CC2)CN(c2cnc(C#N)c3nccnc23)C1.C[C@H]1C[C@@H](N)CN(c2cnc(C#N)c3nccnc23)C1.Cl. The van der Waals surface area contributed by atoms with Crippen molar-refractivity contribution in [1.29, 1.82) is 15.8 Å². The van der Waals surface area contributed by atoms with Crippen molar-refractivity contribution >= 4 is 80.3 Å². The van der Waals surface area contributed by atoms with Crippen LogP contribution >= 0.6 is 12.4 Å². The molecular formula is C64H87ClN22O5. The molecule has 0 unspecified atom stereocenters. The second kappa shape index (κ2) is 33.5. The van der Waals surface area contributed by atoms with E-state index in [0.29, 0.717) is 87.8 Å². The molecule has 0 spiro atoms. The van der Waals surface area contributed by atoms with Gasteiger partial charge in [-0.1, -0.05) is 20.8 Å². The maximum Gasteiger partial charge on any atom is 0.325 e. The number of rotatable bonds is 12. The molecule has 6 aromatic rings. The minimum absolute atomic E-state index is 0. The van der Waals surface area contributed by atoms with Crippen molar-refractivity contribution in [2.24, 2.45) is 35.3 Å². The molecule has 6 atom stereocenters. The summed E-state index contributed by atoms with van der Waals surface area (Å²) in [5, 5.41) is 38.0. The van der Waals surface area contributed by atoms with Gasteiger partial charge in [-0.25, -0.2) is 29.9 Å². The number of aliphatic carboxylic acids is 1. The fourth-order valence-corrected chi connectivity index (χ4v) is 13.2. The van der Waals surface area contributed by atoms with E-state index in [2.05, 4.69) is 139 Å². The minimum Gasteiger partial charge on any atom is -0.480 e. The Hall–Kier alpha value is -8.04. The molecule has 92 heavy (non-hydrogen) atoms. The van der Waals surface area contributed by atoms with E-state index in [1.807, 2.05) is 4.90 Å². The third-order valence-electron chi connectivity index (χ3n) is 17.6. The first-order valence-electron chi connectivity index (χ1n) is 31.6. The molecule has 12 heterocycles. The largest absolute Gasteiger partial charge is 0.480 e. The highest BCUT2D eigenvalue weighted by Crippen LogP contribution is 2.35. The summed E-state index contributed by atoms with van der Waals surface area (Å²) < 4.78 is 0. The number of carbonyl (C=O) groups is 3. The predicted octanol–water partition coefficient (Wildman–Crippen LogP) is 3.83. The van der Waals surface area contributed by atoms with Crippen molar-refractivity contribution in [2.45, 2.75) is 58.9 Å². The Morgan fingerprint density at radius 1 is 0.489 bits per heavy atom. The number of likely N-dealkylation sites (N-methyl/N-ethyl adjacent to an activating group) is 3. The lowest BCUT2D eigenvalue weighted by atomic mass is 9.86. The first-order valence-corrected chi connectivity index (χ1v) is 31.6. The Morgan fingerprint density at radius 2 is 0.837 bits per heavy atom. The number of Topliss-reactive ketones (excluding diaryl/α,β-unsaturated/α-hetero) is 1. The number of carbonyl (C=O) groups excluding carboxylic acids is 2. The molecule has 27 nitrogen and oxygen atoms in total. The number of halogens is 1.